The summed E-state index contributed by atoms with van der Waals surface area (Å²) in [5.41, 5.74) is 6.03. The van der Waals surface area contributed by atoms with Crippen molar-refractivity contribution in [1.82, 2.24) is 19.8 Å². The summed E-state index contributed by atoms with van der Waals surface area (Å²) in [5, 5.41) is 6.47. The highest BCUT2D eigenvalue weighted by Crippen LogP contribution is 2.08. The fraction of sp³-hybridized carbons (Fsp3) is 0.600. The first kappa shape index (κ1) is 15.4. The van der Waals surface area contributed by atoms with Gasteiger partial charge < -0.3 is 11.1 Å². The standard InChI is InChI=1S/C10H19N5O3S/c1-3-13-19(17,18)6-5-12-10(16)9-8(11)7-15(4-2)14-9/h7,13H,3-6,11H2,1-2H3,(H,12,16). The van der Waals surface area contributed by atoms with Gasteiger partial charge in [0.15, 0.2) is 5.69 Å². The lowest BCUT2D eigenvalue weighted by molar-refractivity contribution is 0.0951. The SMILES string of the molecule is CCNS(=O)(=O)CCNC(=O)c1nn(CC)cc1N. The maximum absolute atomic E-state index is 11.8. The molecule has 0 radical (unpaired) electrons. The molecule has 0 aliphatic heterocycles. The van der Waals surface area contributed by atoms with E-state index in [0.29, 0.717) is 13.1 Å². The first-order chi connectivity index (χ1) is 8.89. The van der Waals surface area contributed by atoms with E-state index in [4.69, 9.17) is 5.73 Å². The van der Waals surface area contributed by atoms with Gasteiger partial charge in [0.1, 0.15) is 0 Å². The molecule has 4 N–H and O–H groups in total. The van der Waals surface area contributed by atoms with Crippen LogP contribution in [0.25, 0.3) is 0 Å². The zero-order valence-corrected chi connectivity index (χ0v) is 11.8. The molecule has 9 heteroatoms. The number of rotatable bonds is 7. The van der Waals surface area contributed by atoms with Gasteiger partial charge in [0.2, 0.25) is 10.0 Å². The number of sulfonamides is 1. The third kappa shape index (κ3) is 4.52. The molecule has 0 aliphatic carbocycles. The largest absolute Gasteiger partial charge is 0.396 e. The number of nitrogens with one attached hydrogen (secondary N) is 2. The van der Waals surface area contributed by atoms with Crippen LogP contribution in [-0.2, 0) is 16.6 Å². The van der Waals surface area contributed by atoms with Gasteiger partial charge >= 0.3 is 0 Å². The molecule has 1 amide bonds. The van der Waals surface area contributed by atoms with Gasteiger partial charge in [-0.1, -0.05) is 6.92 Å². The number of carbonyl (C=O) groups excluding carboxylic acids is 1. The Bertz CT molecular complexity index is 537. The fourth-order valence-corrected chi connectivity index (χ4v) is 2.40. The summed E-state index contributed by atoms with van der Waals surface area (Å²) in [5.74, 6) is -0.655. The molecule has 1 aromatic heterocycles. The van der Waals surface area contributed by atoms with Crippen LogP contribution in [0.5, 0.6) is 0 Å². The highest BCUT2D eigenvalue weighted by molar-refractivity contribution is 7.89. The zero-order chi connectivity index (χ0) is 14.5. The third-order valence-corrected chi connectivity index (χ3v) is 3.82. The highest BCUT2D eigenvalue weighted by Gasteiger charge is 2.15. The van der Waals surface area contributed by atoms with E-state index < -0.39 is 15.9 Å². The molecule has 0 unspecified atom stereocenters. The number of hydrogen-bond donors (Lipinski definition) is 3. The van der Waals surface area contributed by atoms with Gasteiger partial charge in [0.25, 0.3) is 5.91 Å². The highest BCUT2D eigenvalue weighted by atomic mass is 32.2. The molecule has 0 saturated carbocycles. The summed E-state index contributed by atoms with van der Waals surface area (Å²) >= 11 is 0. The Morgan fingerprint density at radius 3 is 2.68 bits per heavy atom. The van der Waals surface area contributed by atoms with Crippen molar-refractivity contribution in [3.63, 3.8) is 0 Å². The second-order valence-electron chi connectivity index (χ2n) is 3.86. The van der Waals surface area contributed by atoms with Crippen molar-refractivity contribution in [2.75, 3.05) is 24.6 Å². The van der Waals surface area contributed by atoms with E-state index in [2.05, 4.69) is 15.1 Å². The molecule has 0 spiro atoms. The molecule has 0 bridgehead atoms. The van der Waals surface area contributed by atoms with Crippen LogP contribution >= 0.6 is 0 Å². The normalized spacial score (nSPS) is 11.5. The van der Waals surface area contributed by atoms with Crippen molar-refractivity contribution in [3.05, 3.63) is 11.9 Å². The number of amides is 1. The van der Waals surface area contributed by atoms with Crippen molar-refractivity contribution < 1.29 is 13.2 Å². The maximum Gasteiger partial charge on any atom is 0.273 e. The van der Waals surface area contributed by atoms with Crippen LogP contribution in [0.4, 0.5) is 5.69 Å². The molecule has 1 heterocycles. The molecular weight excluding hydrogens is 270 g/mol. The van der Waals surface area contributed by atoms with Crippen molar-refractivity contribution in [2.45, 2.75) is 20.4 Å². The molecule has 0 aromatic carbocycles. The Labute approximate surface area is 112 Å². The Morgan fingerprint density at radius 1 is 1.47 bits per heavy atom. The quantitative estimate of drug-likeness (QED) is 0.604. The summed E-state index contributed by atoms with van der Waals surface area (Å²) in [6.07, 6.45) is 1.56. The third-order valence-electron chi connectivity index (χ3n) is 2.35. The van der Waals surface area contributed by atoms with E-state index in [-0.39, 0.29) is 23.7 Å². The molecule has 108 valence electrons. The summed E-state index contributed by atoms with van der Waals surface area (Å²) in [6.45, 7) is 4.49. The van der Waals surface area contributed by atoms with Gasteiger partial charge in [-0.2, -0.15) is 5.10 Å². The molecule has 0 fully saturated rings. The summed E-state index contributed by atoms with van der Waals surface area (Å²) in [7, 11) is -3.34. The predicted molar refractivity (Wildman–Crippen MR) is 72.1 cm³/mol. The summed E-state index contributed by atoms with van der Waals surface area (Å²) in [4.78, 5) is 11.8. The molecule has 1 rings (SSSR count). The van der Waals surface area contributed by atoms with Crippen molar-refractivity contribution in [2.24, 2.45) is 0 Å². The van der Waals surface area contributed by atoms with Crippen LogP contribution in [0.15, 0.2) is 6.20 Å². The van der Waals surface area contributed by atoms with E-state index >= 15 is 0 Å². The predicted octanol–water partition coefficient (Wildman–Crippen LogP) is -0.846. The number of nitrogens with zero attached hydrogens (tertiary/aromatic N) is 2. The minimum atomic E-state index is -3.34. The Hall–Kier alpha value is -1.61. The number of aromatic nitrogens is 2. The lowest BCUT2D eigenvalue weighted by atomic mass is 10.3. The number of hydrogen-bond acceptors (Lipinski definition) is 5. The first-order valence-electron chi connectivity index (χ1n) is 5.98. The monoisotopic (exact) mass is 289 g/mol. The van der Waals surface area contributed by atoms with Crippen LogP contribution < -0.4 is 15.8 Å². The summed E-state index contributed by atoms with van der Waals surface area (Å²) < 4.78 is 26.6. The van der Waals surface area contributed by atoms with Crippen LogP contribution in [0.2, 0.25) is 0 Å². The number of nitrogens with two attached hydrogens (primary N) is 1. The number of anilines is 1. The molecule has 19 heavy (non-hydrogen) atoms. The van der Waals surface area contributed by atoms with E-state index in [1.807, 2.05) is 6.92 Å². The van der Waals surface area contributed by atoms with E-state index in [1.54, 1.807) is 17.8 Å². The zero-order valence-electron chi connectivity index (χ0n) is 11.0. The van der Waals surface area contributed by atoms with Gasteiger partial charge in [0, 0.05) is 25.8 Å². The maximum atomic E-state index is 11.8. The topological polar surface area (TPSA) is 119 Å². The van der Waals surface area contributed by atoms with E-state index in [0.717, 1.165) is 0 Å². The Balaban J connectivity index is 2.54. The number of nitrogen functional groups attached to an aromatic ring is 1. The average Bonchev–Trinajstić information content (AvgIpc) is 2.70. The average molecular weight is 289 g/mol. The lowest BCUT2D eigenvalue weighted by Crippen LogP contribution is -2.34. The minimum absolute atomic E-state index is 0.00654. The molecule has 8 nitrogen and oxygen atoms in total. The van der Waals surface area contributed by atoms with E-state index in [1.165, 1.54) is 0 Å². The number of carbonyl (C=O) groups is 1. The van der Waals surface area contributed by atoms with Gasteiger partial charge in [-0.05, 0) is 6.92 Å². The number of aryl methyl sites for hydroxylation is 1. The van der Waals surface area contributed by atoms with Crippen molar-refractivity contribution in [1.29, 1.82) is 0 Å². The second kappa shape index (κ2) is 6.53. The molecule has 0 aliphatic rings. The smallest absolute Gasteiger partial charge is 0.273 e. The molecule has 0 saturated heterocycles. The minimum Gasteiger partial charge on any atom is -0.396 e. The lowest BCUT2D eigenvalue weighted by Gasteiger charge is -2.05. The van der Waals surface area contributed by atoms with Crippen LogP contribution in [0.3, 0.4) is 0 Å². The van der Waals surface area contributed by atoms with Crippen LogP contribution in [-0.4, -0.2) is 42.9 Å². The van der Waals surface area contributed by atoms with Gasteiger partial charge in [-0.3, -0.25) is 9.48 Å². The van der Waals surface area contributed by atoms with Crippen LogP contribution in [0, 0.1) is 0 Å². The summed E-state index contributed by atoms with van der Waals surface area (Å²) in [6, 6.07) is 0. The van der Waals surface area contributed by atoms with Crippen LogP contribution in [0.1, 0.15) is 24.3 Å². The molecule has 1 aromatic rings. The van der Waals surface area contributed by atoms with Gasteiger partial charge in [0.05, 0.1) is 11.4 Å². The first-order valence-corrected chi connectivity index (χ1v) is 7.63. The fourth-order valence-electron chi connectivity index (χ4n) is 1.45. The second-order valence-corrected chi connectivity index (χ2v) is 5.79. The van der Waals surface area contributed by atoms with Crippen molar-refractivity contribution in [3.8, 4) is 0 Å². The molecule has 0 atom stereocenters. The Morgan fingerprint density at radius 2 is 2.16 bits per heavy atom. The van der Waals surface area contributed by atoms with E-state index in [9.17, 15) is 13.2 Å². The molecular formula is C10H19N5O3S. The van der Waals surface area contributed by atoms with Crippen molar-refractivity contribution >= 4 is 21.6 Å². The van der Waals surface area contributed by atoms with Gasteiger partial charge in [-0.15, -0.1) is 0 Å². The van der Waals surface area contributed by atoms with Gasteiger partial charge in [-0.25, -0.2) is 13.1 Å². The Kier molecular flexibility index (Phi) is 5.31.